The highest BCUT2D eigenvalue weighted by Crippen LogP contribution is 2.15. The summed E-state index contributed by atoms with van der Waals surface area (Å²) >= 11 is 0. The zero-order valence-electron chi connectivity index (χ0n) is 10.2. The van der Waals surface area contributed by atoms with Crippen molar-refractivity contribution in [3.63, 3.8) is 0 Å². The topological polar surface area (TPSA) is 66.4 Å². The van der Waals surface area contributed by atoms with Crippen LogP contribution in [0.5, 0.6) is 5.75 Å². The van der Waals surface area contributed by atoms with Crippen LogP contribution in [0, 0.1) is 0 Å². The lowest BCUT2D eigenvalue weighted by Crippen LogP contribution is -2.32. The zero-order valence-corrected chi connectivity index (χ0v) is 11.0. The SMILES string of the molecule is CCCCC(C)NS(=O)(=O)c1ccc(O)cc1. The number of unbranched alkanes of at least 4 members (excludes halogenated alkanes) is 1. The molecule has 17 heavy (non-hydrogen) atoms. The Labute approximate surface area is 103 Å². The van der Waals surface area contributed by atoms with Gasteiger partial charge in [-0.3, -0.25) is 0 Å². The molecule has 0 fully saturated rings. The number of benzene rings is 1. The van der Waals surface area contributed by atoms with Crippen LogP contribution in [0.15, 0.2) is 29.2 Å². The summed E-state index contributed by atoms with van der Waals surface area (Å²) in [4.78, 5) is 0.179. The second kappa shape index (κ2) is 6.02. The first kappa shape index (κ1) is 14.0. The Morgan fingerprint density at radius 1 is 1.29 bits per heavy atom. The van der Waals surface area contributed by atoms with Gasteiger partial charge in [0.15, 0.2) is 0 Å². The summed E-state index contributed by atoms with van der Waals surface area (Å²) in [7, 11) is -3.47. The Morgan fingerprint density at radius 3 is 2.41 bits per heavy atom. The molecule has 0 heterocycles. The van der Waals surface area contributed by atoms with Crippen molar-refractivity contribution in [2.45, 2.75) is 44.0 Å². The van der Waals surface area contributed by atoms with Crippen LogP contribution < -0.4 is 4.72 Å². The van der Waals surface area contributed by atoms with E-state index in [1.54, 1.807) is 0 Å². The zero-order chi connectivity index (χ0) is 12.9. The molecule has 2 N–H and O–H groups in total. The van der Waals surface area contributed by atoms with Gasteiger partial charge >= 0.3 is 0 Å². The van der Waals surface area contributed by atoms with E-state index < -0.39 is 10.0 Å². The highest BCUT2D eigenvalue weighted by Gasteiger charge is 2.16. The maximum atomic E-state index is 11.9. The highest BCUT2D eigenvalue weighted by molar-refractivity contribution is 7.89. The molecule has 0 saturated heterocycles. The van der Waals surface area contributed by atoms with Crippen molar-refractivity contribution in [3.05, 3.63) is 24.3 Å². The molecule has 0 aliphatic carbocycles. The standard InChI is InChI=1S/C12H19NO3S/c1-3-4-5-10(2)13-17(15,16)12-8-6-11(14)7-9-12/h6-10,13-14H,3-5H2,1-2H3. The van der Waals surface area contributed by atoms with Gasteiger partial charge in [-0.15, -0.1) is 0 Å². The summed E-state index contributed by atoms with van der Waals surface area (Å²) in [5.41, 5.74) is 0. The number of phenols is 1. The molecular weight excluding hydrogens is 238 g/mol. The fraction of sp³-hybridized carbons (Fsp3) is 0.500. The first-order valence-corrected chi connectivity index (χ1v) is 7.25. The van der Waals surface area contributed by atoms with Gasteiger partial charge in [0.1, 0.15) is 5.75 Å². The van der Waals surface area contributed by atoms with E-state index in [0.29, 0.717) is 0 Å². The third kappa shape index (κ3) is 4.36. The lowest BCUT2D eigenvalue weighted by Gasteiger charge is -2.13. The van der Waals surface area contributed by atoms with E-state index in [4.69, 9.17) is 5.11 Å². The van der Waals surface area contributed by atoms with E-state index in [1.165, 1.54) is 24.3 Å². The Kier molecular flexibility index (Phi) is 4.96. The number of hydrogen-bond donors (Lipinski definition) is 2. The van der Waals surface area contributed by atoms with Gasteiger partial charge in [-0.25, -0.2) is 13.1 Å². The third-order valence-electron chi connectivity index (χ3n) is 2.49. The summed E-state index contributed by atoms with van der Waals surface area (Å²) < 4.78 is 26.5. The molecule has 0 saturated carbocycles. The maximum absolute atomic E-state index is 11.9. The summed E-state index contributed by atoms with van der Waals surface area (Å²) in [6.45, 7) is 3.93. The van der Waals surface area contributed by atoms with Crippen molar-refractivity contribution in [2.24, 2.45) is 0 Å². The summed E-state index contributed by atoms with van der Waals surface area (Å²) in [5.74, 6) is 0.0583. The molecule has 0 aromatic heterocycles. The fourth-order valence-electron chi connectivity index (χ4n) is 1.53. The van der Waals surface area contributed by atoms with Crippen molar-refractivity contribution in [3.8, 4) is 5.75 Å². The molecule has 1 unspecified atom stereocenters. The van der Waals surface area contributed by atoms with Crippen LogP contribution in [-0.4, -0.2) is 19.6 Å². The molecule has 1 atom stereocenters. The average molecular weight is 257 g/mol. The van der Waals surface area contributed by atoms with Crippen LogP contribution >= 0.6 is 0 Å². The molecule has 0 radical (unpaired) electrons. The molecule has 96 valence electrons. The lowest BCUT2D eigenvalue weighted by molar-refractivity contribution is 0.474. The normalized spacial score (nSPS) is 13.5. The van der Waals surface area contributed by atoms with Gasteiger partial charge in [-0.1, -0.05) is 19.8 Å². The van der Waals surface area contributed by atoms with Crippen LogP contribution in [0.25, 0.3) is 0 Å². The lowest BCUT2D eigenvalue weighted by atomic mass is 10.2. The van der Waals surface area contributed by atoms with Crippen molar-refractivity contribution < 1.29 is 13.5 Å². The van der Waals surface area contributed by atoms with E-state index in [0.717, 1.165) is 19.3 Å². The number of sulfonamides is 1. The minimum absolute atomic E-state index is 0.0583. The van der Waals surface area contributed by atoms with Gasteiger partial charge in [0, 0.05) is 6.04 Å². The summed E-state index contributed by atoms with van der Waals surface area (Å²) in [6, 6.07) is 5.44. The predicted octanol–water partition coefficient (Wildman–Crippen LogP) is 2.25. The van der Waals surface area contributed by atoms with Crippen LogP contribution in [0.2, 0.25) is 0 Å². The Balaban J connectivity index is 2.71. The number of hydrogen-bond acceptors (Lipinski definition) is 3. The van der Waals surface area contributed by atoms with E-state index in [1.807, 2.05) is 6.92 Å². The van der Waals surface area contributed by atoms with E-state index in [9.17, 15) is 8.42 Å². The minimum atomic E-state index is -3.47. The Bertz CT molecular complexity index is 439. The minimum Gasteiger partial charge on any atom is -0.508 e. The molecule has 4 nitrogen and oxygen atoms in total. The maximum Gasteiger partial charge on any atom is 0.240 e. The third-order valence-corrected chi connectivity index (χ3v) is 4.10. The molecule has 0 bridgehead atoms. The van der Waals surface area contributed by atoms with Crippen molar-refractivity contribution in [1.82, 2.24) is 4.72 Å². The Morgan fingerprint density at radius 2 is 1.88 bits per heavy atom. The van der Waals surface area contributed by atoms with Crippen molar-refractivity contribution in [1.29, 1.82) is 0 Å². The van der Waals surface area contributed by atoms with Gasteiger partial charge < -0.3 is 5.11 Å². The fourth-order valence-corrected chi connectivity index (χ4v) is 2.81. The number of phenolic OH excluding ortho intramolecular Hbond substituents is 1. The second-order valence-electron chi connectivity index (χ2n) is 4.16. The van der Waals surface area contributed by atoms with Crippen LogP contribution in [0.1, 0.15) is 33.1 Å². The van der Waals surface area contributed by atoms with E-state index >= 15 is 0 Å². The van der Waals surface area contributed by atoms with Gasteiger partial charge in [0.05, 0.1) is 4.90 Å². The van der Waals surface area contributed by atoms with Crippen LogP contribution in [0.3, 0.4) is 0 Å². The largest absolute Gasteiger partial charge is 0.508 e. The first-order chi connectivity index (χ1) is 7.95. The molecule has 0 spiro atoms. The van der Waals surface area contributed by atoms with Gasteiger partial charge in [0.2, 0.25) is 10.0 Å². The average Bonchev–Trinajstić information content (AvgIpc) is 2.26. The van der Waals surface area contributed by atoms with Crippen molar-refractivity contribution >= 4 is 10.0 Å². The monoisotopic (exact) mass is 257 g/mol. The quantitative estimate of drug-likeness (QED) is 0.821. The Hall–Kier alpha value is -1.07. The van der Waals surface area contributed by atoms with E-state index in [-0.39, 0.29) is 16.7 Å². The van der Waals surface area contributed by atoms with Gasteiger partial charge in [0.25, 0.3) is 0 Å². The summed E-state index contributed by atoms with van der Waals surface area (Å²) in [6.07, 6.45) is 2.87. The smallest absolute Gasteiger partial charge is 0.240 e. The predicted molar refractivity (Wildman–Crippen MR) is 67.4 cm³/mol. The number of aromatic hydroxyl groups is 1. The molecular formula is C12H19NO3S. The van der Waals surface area contributed by atoms with Crippen molar-refractivity contribution in [2.75, 3.05) is 0 Å². The molecule has 1 aromatic carbocycles. The van der Waals surface area contributed by atoms with Gasteiger partial charge in [-0.2, -0.15) is 0 Å². The molecule has 0 amide bonds. The second-order valence-corrected chi connectivity index (χ2v) is 5.87. The molecule has 0 aliphatic rings. The van der Waals surface area contributed by atoms with Crippen LogP contribution in [-0.2, 0) is 10.0 Å². The molecule has 0 aliphatic heterocycles. The van der Waals surface area contributed by atoms with Gasteiger partial charge in [-0.05, 0) is 37.6 Å². The first-order valence-electron chi connectivity index (χ1n) is 5.77. The number of nitrogens with one attached hydrogen (secondary N) is 1. The molecule has 1 aromatic rings. The molecule has 1 rings (SSSR count). The number of rotatable bonds is 6. The van der Waals surface area contributed by atoms with Crippen LogP contribution in [0.4, 0.5) is 0 Å². The summed E-state index contributed by atoms with van der Waals surface area (Å²) in [5, 5.41) is 9.11. The highest BCUT2D eigenvalue weighted by atomic mass is 32.2. The van der Waals surface area contributed by atoms with E-state index in [2.05, 4.69) is 11.6 Å². The molecule has 5 heteroatoms.